The van der Waals surface area contributed by atoms with Crippen LogP contribution in [0.1, 0.15) is 17.1 Å². The third-order valence-electron chi connectivity index (χ3n) is 3.48. The molecule has 2 aromatic rings. The van der Waals surface area contributed by atoms with Gasteiger partial charge in [-0.1, -0.05) is 18.2 Å². The summed E-state index contributed by atoms with van der Waals surface area (Å²) in [7, 11) is 1.92. The maximum absolute atomic E-state index is 5.81. The summed E-state index contributed by atoms with van der Waals surface area (Å²) in [6.07, 6.45) is 0. The zero-order chi connectivity index (χ0) is 13.8. The maximum atomic E-state index is 5.81. The Morgan fingerprint density at radius 2 is 2.00 bits per heavy atom. The Morgan fingerprint density at radius 1 is 1.15 bits per heavy atom. The lowest BCUT2D eigenvalue weighted by molar-refractivity contribution is 0.205. The molecule has 0 unspecified atom stereocenters. The van der Waals surface area contributed by atoms with Crippen molar-refractivity contribution in [2.45, 2.75) is 19.6 Å². The molecule has 0 bridgehead atoms. The average Bonchev–Trinajstić information content (AvgIpc) is 2.78. The zero-order valence-electron chi connectivity index (χ0n) is 11.8. The molecule has 0 atom stereocenters. The SMILES string of the molecule is CNCc1ccc(CN2CCOc3ccccc3C2)o1. The average molecular weight is 272 g/mol. The van der Waals surface area contributed by atoms with Gasteiger partial charge in [0.25, 0.3) is 0 Å². The van der Waals surface area contributed by atoms with E-state index in [9.17, 15) is 0 Å². The van der Waals surface area contributed by atoms with Crippen molar-refractivity contribution in [1.29, 1.82) is 0 Å². The van der Waals surface area contributed by atoms with Crippen LogP contribution < -0.4 is 10.1 Å². The number of nitrogens with zero attached hydrogens (tertiary/aromatic N) is 1. The Balaban J connectivity index is 1.68. The molecule has 4 nitrogen and oxygen atoms in total. The summed E-state index contributed by atoms with van der Waals surface area (Å²) in [5.41, 5.74) is 1.24. The van der Waals surface area contributed by atoms with Crippen LogP contribution in [0.5, 0.6) is 5.75 Å². The Morgan fingerprint density at radius 3 is 2.90 bits per heavy atom. The molecule has 106 valence electrons. The first-order valence-electron chi connectivity index (χ1n) is 7.00. The molecule has 4 heteroatoms. The molecule has 0 saturated carbocycles. The minimum absolute atomic E-state index is 0.723. The van der Waals surface area contributed by atoms with Gasteiger partial charge in [0.05, 0.1) is 13.1 Å². The van der Waals surface area contributed by atoms with Crippen LogP contribution in [-0.4, -0.2) is 25.1 Å². The van der Waals surface area contributed by atoms with Gasteiger partial charge in [-0.3, -0.25) is 4.90 Å². The molecule has 0 amide bonds. The molecule has 0 aliphatic carbocycles. The first kappa shape index (κ1) is 13.2. The van der Waals surface area contributed by atoms with Crippen molar-refractivity contribution < 1.29 is 9.15 Å². The summed E-state index contributed by atoms with van der Waals surface area (Å²) >= 11 is 0. The van der Waals surface area contributed by atoms with Crippen LogP contribution in [0, 0.1) is 0 Å². The highest BCUT2D eigenvalue weighted by atomic mass is 16.5. The first-order chi connectivity index (χ1) is 9.85. The van der Waals surface area contributed by atoms with Crippen molar-refractivity contribution in [3.8, 4) is 5.75 Å². The van der Waals surface area contributed by atoms with Crippen LogP contribution in [0.25, 0.3) is 0 Å². The highest BCUT2D eigenvalue weighted by Crippen LogP contribution is 2.23. The summed E-state index contributed by atoms with van der Waals surface area (Å²) in [6, 6.07) is 12.3. The molecule has 0 fully saturated rings. The highest BCUT2D eigenvalue weighted by Gasteiger charge is 2.16. The van der Waals surface area contributed by atoms with E-state index >= 15 is 0 Å². The third kappa shape index (κ3) is 3.03. The van der Waals surface area contributed by atoms with Gasteiger partial charge in [-0.25, -0.2) is 0 Å². The van der Waals surface area contributed by atoms with Crippen molar-refractivity contribution in [2.24, 2.45) is 0 Å². The van der Waals surface area contributed by atoms with Crippen molar-refractivity contribution >= 4 is 0 Å². The summed E-state index contributed by atoms with van der Waals surface area (Å²) in [6.45, 7) is 4.13. The van der Waals surface area contributed by atoms with Gasteiger partial charge in [0.1, 0.15) is 23.9 Å². The molecule has 1 aromatic heterocycles. The van der Waals surface area contributed by atoms with E-state index in [4.69, 9.17) is 9.15 Å². The molecule has 1 aliphatic rings. The molecule has 1 N–H and O–H groups in total. The molecule has 2 heterocycles. The zero-order valence-corrected chi connectivity index (χ0v) is 11.8. The van der Waals surface area contributed by atoms with Gasteiger partial charge in [-0.05, 0) is 25.2 Å². The standard InChI is InChI=1S/C16H20N2O2/c1-17-10-14-6-7-15(20-14)12-18-8-9-19-16-5-3-2-4-13(16)11-18/h2-7,17H,8-12H2,1H3. The molecule has 1 aliphatic heterocycles. The van der Waals surface area contributed by atoms with E-state index in [2.05, 4.69) is 28.4 Å². The van der Waals surface area contributed by atoms with E-state index in [-0.39, 0.29) is 0 Å². The van der Waals surface area contributed by atoms with E-state index in [1.807, 2.05) is 25.2 Å². The molecular weight excluding hydrogens is 252 g/mol. The van der Waals surface area contributed by atoms with E-state index in [0.717, 1.165) is 50.1 Å². The van der Waals surface area contributed by atoms with Gasteiger partial charge < -0.3 is 14.5 Å². The van der Waals surface area contributed by atoms with Gasteiger partial charge in [0.15, 0.2) is 0 Å². The lowest BCUT2D eigenvalue weighted by Crippen LogP contribution is -2.25. The topological polar surface area (TPSA) is 37.6 Å². The molecule has 1 aromatic carbocycles. The number of hydrogen-bond acceptors (Lipinski definition) is 4. The van der Waals surface area contributed by atoms with Gasteiger partial charge in [-0.15, -0.1) is 0 Å². The second kappa shape index (κ2) is 6.11. The van der Waals surface area contributed by atoms with Crippen LogP contribution in [0.15, 0.2) is 40.8 Å². The number of nitrogens with one attached hydrogen (secondary N) is 1. The van der Waals surface area contributed by atoms with E-state index in [0.29, 0.717) is 0 Å². The fourth-order valence-electron chi connectivity index (χ4n) is 2.51. The van der Waals surface area contributed by atoms with Crippen molar-refractivity contribution in [1.82, 2.24) is 10.2 Å². The van der Waals surface area contributed by atoms with Gasteiger partial charge in [-0.2, -0.15) is 0 Å². The van der Waals surface area contributed by atoms with E-state index in [1.165, 1.54) is 5.56 Å². The fourth-order valence-corrected chi connectivity index (χ4v) is 2.51. The molecule has 0 radical (unpaired) electrons. The normalized spacial score (nSPS) is 15.4. The third-order valence-corrected chi connectivity index (χ3v) is 3.48. The number of para-hydroxylation sites is 1. The Labute approximate surface area is 119 Å². The monoisotopic (exact) mass is 272 g/mol. The van der Waals surface area contributed by atoms with Gasteiger partial charge in [0.2, 0.25) is 0 Å². The molecule has 0 saturated heterocycles. The molecule has 20 heavy (non-hydrogen) atoms. The number of ether oxygens (including phenoxy) is 1. The molecular formula is C16H20N2O2. The second-order valence-electron chi connectivity index (χ2n) is 5.07. The van der Waals surface area contributed by atoms with Gasteiger partial charge >= 0.3 is 0 Å². The lowest BCUT2D eigenvalue weighted by Gasteiger charge is -2.17. The van der Waals surface area contributed by atoms with Crippen LogP contribution in [0.2, 0.25) is 0 Å². The summed E-state index contributed by atoms with van der Waals surface area (Å²) in [4.78, 5) is 2.35. The lowest BCUT2D eigenvalue weighted by atomic mass is 10.2. The number of furan rings is 1. The van der Waals surface area contributed by atoms with E-state index < -0.39 is 0 Å². The number of fused-ring (bicyclic) bond motifs is 1. The molecule has 3 rings (SSSR count). The van der Waals surface area contributed by atoms with Crippen LogP contribution >= 0.6 is 0 Å². The quantitative estimate of drug-likeness (QED) is 0.927. The number of hydrogen-bond donors (Lipinski definition) is 1. The summed E-state index contributed by atoms with van der Waals surface area (Å²) < 4.78 is 11.6. The van der Waals surface area contributed by atoms with Crippen molar-refractivity contribution in [3.05, 3.63) is 53.5 Å². The van der Waals surface area contributed by atoms with Crippen molar-refractivity contribution in [3.63, 3.8) is 0 Å². The second-order valence-corrected chi connectivity index (χ2v) is 5.07. The number of rotatable bonds is 4. The minimum atomic E-state index is 0.723. The summed E-state index contributed by atoms with van der Waals surface area (Å²) in [5, 5.41) is 3.10. The fraction of sp³-hybridized carbons (Fsp3) is 0.375. The van der Waals surface area contributed by atoms with Crippen LogP contribution in [-0.2, 0) is 19.6 Å². The van der Waals surface area contributed by atoms with Crippen LogP contribution in [0.3, 0.4) is 0 Å². The highest BCUT2D eigenvalue weighted by molar-refractivity contribution is 5.33. The first-order valence-corrected chi connectivity index (χ1v) is 7.00. The minimum Gasteiger partial charge on any atom is -0.492 e. The Kier molecular flexibility index (Phi) is 4.04. The predicted molar refractivity (Wildman–Crippen MR) is 77.5 cm³/mol. The predicted octanol–water partition coefficient (Wildman–Crippen LogP) is 2.39. The smallest absolute Gasteiger partial charge is 0.123 e. The van der Waals surface area contributed by atoms with Crippen LogP contribution in [0.4, 0.5) is 0 Å². The Hall–Kier alpha value is -1.78. The number of benzene rings is 1. The Bertz CT molecular complexity index is 565. The maximum Gasteiger partial charge on any atom is 0.123 e. The summed E-state index contributed by atoms with van der Waals surface area (Å²) in [5.74, 6) is 2.99. The molecule has 0 spiro atoms. The largest absolute Gasteiger partial charge is 0.492 e. The van der Waals surface area contributed by atoms with Gasteiger partial charge in [0, 0.05) is 18.7 Å². The van der Waals surface area contributed by atoms with E-state index in [1.54, 1.807) is 0 Å². The van der Waals surface area contributed by atoms with Crippen molar-refractivity contribution in [2.75, 3.05) is 20.2 Å².